The lowest BCUT2D eigenvalue weighted by molar-refractivity contribution is -0.122. The van der Waals surface area contributed by atoms with Gasteiger partial charge in [-0.05, 0) is 26.7 Å². The molecule has 2 fully saturated rings. The molecule has 6 heteroatoms. The minimum atomic E-state index is -0.00270. The molecule has 2 N–H and O–H groups in total. The summed E-state index contributed by atoms with van der Waals surface area (Å²) in [6, 6.07) is 0.581. The van der Waals surface area contributed by atoms with Gasteiger partial charge >= 0.3 is 6.03 Å². The number of hydrogen-bond donors (Lipinski definition) is 2. The molecule has 6 nitrogen and oxygen atoms in total. The Balaban J connectivity index is 1.66. The largest absolute Gasteiger partial charge is 0.352 e. The molecule has 19 heavy (non-hydrogen) atoms. The Kier molecular flexibility index (Phi) is 4.63. The van der Waals surface area contributed by atoms with Gasteiger partial charge in [0.2, 0.25) is 5.91 Å². The standard InChI is InChI=1S/C13H24N4O2/c1-10(2)14-13(19)17-7-5-16(6-8-17)9-12(18)15-11-3-4-11/h10-11H,3-9H2,1-2H3,(H,14,19)(H,15,18). The van der Waals surface area contributed by atoms with Crippen LogP contribution in [0, 0.1) is 0 Å². The molecule has 2 rings (SSSR count). The first kappa shape index (κ1) is 14.1. The highest BCUT2D eigenvalue weighted by molar-refractivity contribution is 5.78. The number of carbonyl (C=O) groups is 2. The zero-order valence-electron chi connectivity index (χ0n) is 11.8. The summed E-state index contributed by atoms with van der Waals surface area (Å²) in [7, 11) is 0. The van der Waals surface area contributed by atoms with Crippen molar-refractivity contribution in [3.63, 3.8) is 0 Å². The average Bonchev–Trinajstić information content (AvgIpc) is 3.12. The van der Waals surface area contributed by atoms with Crippen molar-refractivity contribution in [1.29, 1.82) is 0 Å². The smallest absolute Gasteiger partial charge is 0.317 e. The zero-order chi connectivity index (χ0) is 13.8. The van der Waals surface area contributed by atoms with Crippen LogP contribution in [0.3, 0.4) is 0 Å². The van der Waals surface area contributed by atoms with E-state index in [1.165, 1.54) is 0 Å². The maximum atomic E-state index is 11.8. The molecule has 0 atom stereocenters. The quantitative estimate of drug-likeness (QED) is 0.754. The van der Waals surface area contributed by atoms with E-state index in [1.54, 1.807) is 0 Å². The first-order valence-electron chi connectivity index (χ1n) is 7.12. The summed E-state index contributed by atoms with van der Waals surface area (Å²) in [5.74, 6) is 0.114. The van der Waals surface area contributed by atoms with Gasteiger partial charge in [-0.2, -0.15) is 0 Å². The van der Waals surface area contributed by atoms with Crippen molar-refractivity contribution in [2.24, 2.45) is 0 Å². The van der Waals surface area contributed by atoms with Crippen LogP contribution in [-0.2, 0) is 4.79 Å². The fraction of sp³-hybridized carbons (Fsp3) is 0.846. The zero-order valence-corrected chi connectivity index (χ0v) is 11.8. The Morgan fingerprint density at radius 1 is 1.16 bits per heavy atom. The SMILES string of the molecule is CC(C)NC(=O)N1CCN(CC(=O)NC2CC2)CC1. The number of nitrogens with one attached hydrogen (secondary N) is 2. The number of hydrogen-bond acceptors (Lipinski definition) is 3. The summed E-state index contributed by atoms with van der Waals surface area (Å²) in [6.07, 6.45) is 2.24. The molecular weight excluding hydrogens is 244 g/mol. The number of nitrogens with zero attached hydrogens (tertiary/aromatic N) is 2. The third-order valence-electron chi connectivity index (χ3n) is 3.38. The minimum Gasteiger partial charge on any atom is -0.352 e. The lowest BCUT2D eigenvalue weighted by atomic mass is 10.3. The van der Waals surface area contributed by atoms with Crippen LogP contribution in [0.25, 0.3) is 0 Å². The van der Waals surface area contributed by atoms with E-state index in [0.717, 1.165) is 25.9 Å². The van der Waals surface area contributed by atoms with Crippen LogP contribution in [-0.4, -0.2) is 66.5 Å². The monoisotopic (exact) mass is 268 g/mol. The topological polar surface area (TPSA) is 64.7 Å². The number of piperazine rings is 1. The summed E-state index contributed by atoms with van der Waals surface area (Å²) < 4.78 is 0. The molecule has 1 saturated heterocycles. The predicted octanol–water partition coefficient (Wildman–Crippen LogP) is 0.000600. The molecular formula is C13H24N4O2. The van der Waals surface area contributed by atoms with Gasteiger partial charge in [-0.25, -0.2) is 4.79 Å². The van der Waals surface area contributed by atoms with Gasteiger partial charge in [-0.3, -0.25) is 9.69 Å². The molecule has 0 radical (unpaired) electrons. The molecule has 1 saturated carbocycles. The van der Waals surface area contributed by atoms with Crippen LogP contribution in [0.2, 0.25) is 0 Å². The van der Waals surface area contributed by atoms with Gasteiger partial charge in [0.05, 0.1) is 6.54 Å². The van der Waals surface area contributed by atoms with Crippen LogP contribution in [0.15, 0.2) is 0 Å². The fourth-order valence-corrected chi connectivity index (χ4v) is 2.15. The van der Waals surface area contributed by atoms with E-state index in [9.17, 15) is 9.59 Å². The Bertz CT molecular complexity index is 334. The number of urea groups is 1. The Morgan fingerprint density at radius 2 is 1.79 bits per heavy atom. The summed E-state index contributed by atoms with van der Waals surface area (Å²) in [6.45, 7) is 7.28. The number of amides is 3. The molecule has 0 spiro atoms. The molecule has 0 aromatic heterocycles. The van der Waals surface area contributed by atoms with Crippen LogP contribution in [0.4, 0.5) is 4.79 Å². The molecule has 0 bridgehead atoms. The van der Waals surface area contributed by atoms with Gasteiger partial charge in [0.1, 0.15) is 0 Å². The second-order valence-corrected chi connectivity index (χ2v) is 5.71. The summed E-state index contributed by atoms with van der Waals surface area (Å²) in [5, 5.41) is 5.88. The molecule has 1 aliphatic carbocycles. The van der Waals surface area contributed by atoms with Gasteiger partial charge in [0.15, 0.2) is 0 Å². The van der Waals surface area contributed by atoms with Crippen molar-refractivity contribution in [2.45, 2.75) is 38.8 Å². The molecule has 0 unspecified atom stereocenters. The van der Waals surface area contributed by atoms with Crippen molar-refractivity contribution in [3.05, 3.63) is 0 Å². The van der Waals surface area contributed by atoms with Gasteiger partial charge in [-0.15, -0.1) is 0 Å². The van der Waals surface area contributed by atoms with E-state index >= 15 is 0 Å². The van der Waals surface area contributed by atoms with Gasteiger partial charge < -0.3 is 15.5 Å². The van der Waals surface area contributed by atoms with Gasteiger partial charge in [0.25, 0.3) is 0 Å². The highest BCUT2D eigenvalue weighted by atomic mass is 16.2. The van der Waals surface area contributed by atoms with E-state index in [-0.39, 0.29) is 18.0 Å². The van der Waals surface area contributed by atoms with Gasteiger partial charge in [0, 0.05) is 38.3 Å². The maximum absolute atomic E-state index is 11.8. The van der Waals surface area contributed by atoms with Crippen LogP contribution in [0.5, 0.6) is 0 Å². The van der Waals surface area contributed by atoms with Crippen LogP contribution < -0.4 is 10.6 Å². The first-order valence-corrected chi connectivity index (χ1v) is 7.12. The summed E-state index contributed by atoms with van der Waals surface area (Å²) in [4.78, 5) is 27.4. The molecule has 1 aliphatic heterocycles. The molecule has 2 aliphatic rings. The van der Waals surface area contributed by atoms with Crippen molar-refractivity contribution >= 4 is 11.9 Å². The molecule has 108 valence electrons. The van der Waals surface area contributed by atoms with Gasteiger partial charge in [-0.1, -0.05) is 0 Å². The maximum Gasteiger partial charge on any atom is 0.317 e. The van der Waals surface area contributed by atoms with E-state index in [2.05, 4.69) is 15.5 Å². The lowest BCUT2D eigenvalue weighted by Crippen LogP contribution is -2.54. The molecule has 0 aromatic rings. The lowest BCUT2D eigenvalue weighted by Gasteiger charge is -2.34. The number of rotatable bonds is 4. The van der Waals surface area contributed by atoms with Crippen molar-refractivity contribution < 1.29 is 9.59 Å². The van der Waals surface area contributed by atoms with Crippen LogP contribution in [0.1, 0.15) is 26.7 Å². The molecule has 0 aromatic carbocycles. The Hall–Kier alpha value is -1.30. The van der Waals surface area contributed by atoms with E-state index < -0.39 is 0 Å². The van der Waals surface area contributed by atoms with E-state index in [0.29, 0.717) is 25.7 Å². The highest BCUT2D eigenvalue weighted by Gasteiger charge is 2.26. The van der Waals surface area contributed by atoms with Crippen molar-refractivity contribution in [3.8, 4) is 0 Å². The number of carbonyl (C=O) groups excluding carboxylic acids is 2. The third kappa shape index (κ3) is 4.70. The Morgan fingerprint density at radius 3 is 2.32 bits per heavy atom. The van der Waals surface area contributed by atoms with E-state index in [4.69, 9.17) is 0 Å². The van der Waals surface area contributed by atoms with Crippen molar-refractivity contribution in [1.82, 2.24) is 20.4 Å². The fourth-order valence-electron chi connectivity index (χ4n) is 2.15. The van der Waals surface area contributed by atoms with Crippen LogP contribution >= 0.6 is 0 Å². The summed E-state index contributed by atoms with van der Waals surface area (Å²) >= 11 is 0. The first-order chi connectivity index (χ1) is 9.04. The average molecular weight is 268 g/mol. The normalized spacial score (nSPS) is 20.5. The minimum absolute atomic E-state index is 0.00270. The van der Waals surface area contributed by atoms with E-state index in [1.807, 2.05) is 18.7 Å². The summed E-state index contributed by atoms with van der Waals surface area (Å²) in [5.41, 5.74) is 0. The molecule has 3 amide bonds. The highest BCUT2D eigenvalue weighted by Crippen LogP contribution is 2.18. The second-order valence-electron chi connectivity index (χ2n) is 5.71. The predicted molar refractivity (Wildman–Crippen MR) is 72.8 cm³/mol. The Labute approximate surface area is 114 Å². The third-order valence-corrected chi connectivity index (χ3v) is 3.38. The van der Waals surface area contributed by atoms with Crippen molar-refractivity contribution in [2.75, 3.05) is 32.7 Å². The molecule has 1 heterocycles. The second kappa shape index (κ2) is 6.23.